The molecular weight excluding hydrogens is 749 g/mol. The molecule has 1 aliphatic heterocycles. The topological polar surface area (TPSA) is 157 Å². The minimum absolute atomic E-state index is 0.0199. The zero-order chi connectivity index (χ0) is 39.7. The molecule has 0 saturated heterocycles. The predicted molar refractivity (Wildman–Crippen MR) is 189 cm³/mol. The van der Waals surface area contributed by atoms with Gasteiger partial charge in [0.25, 0.3) is 12.3 Å². The lowest BCUT2D eigenvalue weighted by molar-refractivity contribution is -0.195. The number of aliphatic imine (C=N–C) groups is 1. The number of ether oxygens (including phenoxy) is 1. The van der Waals surface area contributed by atoms with Crippen molar-refractivity contribution >= 4 is 45.9 Å². The molecule has 2 N–H and O–H groups in total. The second-order valence-corrected chi connectivity index (χ2v) is 15.4. The molecule has 2 atom stereocenters. The van der Waals surface area contributed by atoms with Crippen LogP contribution in [0.4, 0.5) is 22.0 Å². The number of carbonyl (C=O) groups is 2. The quantitative estimate of drug-likeness (QED) is 0.114. The predicted octanol–water partition coefficient (Wildman–Crippen LogP) is 7.34. The molecule has 55 heavy (non-hydrogen) atoms. The van der Waals surface area contributed by atoms with Gasteiger partial charge in [0.15, 0.2) is 17.3 Å². The van der Waals surface area contributed by atoms with Crippen LogP contribution in [0.1, 0.15) is 81.4 Å². The Morgan fingerprint density at radius 2 is 1.80 bits per heavy atom. The van der Waals surface area contributed by atoms with Crippen molar-refractivity contribution in [2.75, 3.05) is 6.61 Å². The summed E-state index contributed by atoms with van der Waals surface area (Å²) in [5, 5.41) is 18.4. The third kappa shape index (κ3) is 6.62. The van der Waals surface area contributed by atoms with Crippen LogP contribution in [0.25, 0.3) is 22.1 Å². The van der Waals surface area contributed by atoms with Crippen molar-refractivity contribution in [2.24, 2.45) is 21.6 Å². The maximum absolute atomic E-state index is 15.1. The van der Waals surface area contributed by atoms with Gasteiger partial charge in [0.05, 0.1) is 51.4 Å². The summed E-state index contributed by atoms with van der Waals surface area (Å²) in [5.74, 6) is -2.78. The third-order valence-electron chi connectivity index (χ3n) is 10.00. The lowest BCUT2D eigenvalue weighted by Gasteiger charge is -2.35. The number of amides is 1. The zero-order valence-corrected chi connectivity index (χ0v) is 30.4. The van der Waals surface area contributed by atoms with E-state index in [1.165, 1.54) is 24.4 Å². The number of pyridine rings is 1. The van der Waals surface area contributed by atoms with Gasteiger partial charge in [0, 0.05) is 5.39 Å². The number of rotatable bonds is 10. The molecule has 12 nitrogen and oxygen atoms in total. The third-order valence-corrected chi connectivity index (χ3v) is 10.3. The Labute approximate surface area is 315 Å². The van der Waals surface area contributed by atoms with Gasteiger partial charge < -0.3 is 10.5 Å². The molecule has 0 radical (unpaired) electrons. The highest BCUT2D eigenvalue weighted by Crippen LogP contribution is 2.60. The summed E-state index contributed by atoms with van der Waals surface area (Å²) in [6.07, 6.45) is -6.53. The number of guanidine groups is 1. The Morgan fingerprint density at radius 1 is 1.07 bits per heavy atom. The minimum atomic E-state index is -4.62. The minimum Gasteiger partial charge on any atom is -0.463 e. The Morgan fingerprint density at radius 3 is 2.45 bits per heavy atom. The SMILES string of the molecule is CC(C)(C)C[C@]1(c2ccc3c(ccc4c(C#N)cnn43)c2)N=C(N)N([C@H](COC(=O)CC2(C(F)(F)F)CC2)c2ccc(Cl)c(-n3ncnc3C(F)F)c2)C1=O. The molecule has 5 aromatic rings. The van der Waals surface area contributed by atoms with E-state index >= 15 is 4.79 Å². The van der Waals surface area contributed by atoms with E-state index in [0.29, 0.717) is 27.5 Å². The highest BCUT2D eigenvalue weighted by molar-refractivity contribution is 6.32. The number of hydrogen-bond donors (Lipinski definition) is 1. The number of aromatic nitrogens is 5. The first-order valence-electron chi connectivity index (χ1n) is 17.1. The van der Waals surface area contributed by atoms with E-state index in [9.17, 15) is 32.0 Å². The van der Waals surface area contributed by atoms with Crippen LogP contribution in [-0.2, 0) is 19.9 Å². The van der Waals surface area contributed by atoms with Crippen molar-refractivity contribution in [3.05, 3.63) is 88.6 Å². The lowest BCUT2D eigenvalue weighted by atomic mass is 9.75. The van der Waals surface area contributed by atoms with E-state index in [-0.39, 0.29) is 41.5 Å². The van der Waals surface area contributed by atoms with E-state index in [0.717, 1.165) is 15.9 Å². The van der Waals surface area contributed by atoms with Gasteiger partial charge in [-0.05, 0) is 66.1 Å². The van der Waals surface area contributed by atoms with E-state index < -0.39 is 65.7 Å². The van der Waals surface area contributed by atoms with E-state index in [1.54, 1.807) is 34.8 Å². The molecular formula is C37H33ClF5N9O3. The van der Waals surface area contributed by atoms with Crippen molar-refractivity contribution in [1.82, 2.24) is 29.3 Å². The number of alkyl halides is 5. The van der Waals surface area contributed by atoms with E-state index in [1.807, 2.05) is 20.8 Å². The summed E-state index contributed by atoms with van der Waals surface area (Å²) in [5.41, 5.74) is 4.43. The summed E-state index contributed by atoms with van der Waals surface area (Å²) in [6, 6.07) is 13.7. The van der Waals surface area contributed by atoms with Crippen molar-refractivity contribution in [3.63, 3.8) is 0 Å². The average molecular weight is 782 g/mol. The molecule has 0 unspecified atom stereocenters. The van der Waals surface area contributed by atoms with Crippen LogP contribution in [-0.4, -0.2) is 59.9 Å². The lowest BCUT2D eigenvalue weighted by Crippen LogP contribution is -2.47. The van der Waals surface area contributed by atoms with Crippen LogP contribution >= 0.6 is 11.6 Å². The number of benzene rings is 2. The first kappa shape index (κ1) is 37.7. The summed E-state index contributed by atoms with van der Waals surface area (Å²) in [7, 11) is 0. The van der Waals surface area contributed by atoms with Gasteiger partial charge in [0.1, 0.15) is 19.0 Å². The number of fused-ring (bicyclic) bond motifs is 3. The number of nitrogens with two attached hydrogens (primary N) is 1. The fourth-order valence-electron chi connectivity index (χ4n) is 7.19. The smallest absolute Gasteiger partial charge is 0.395 e. The second kappa shape index (κ2) is 13.3. The van der Waals surface area contributed by atoms with Gasteiger partial charge in [-0.3, -0.25) is 14.5 Å². The molecule has 18 heteroatoms. The molecule has 1 saturated carbocycles. The standard InChI is InChI=1S/C37H33ClF5N9O3/c1-34(2,3)18-36(23-6-9-25-20(12-23)5-8-26-22(15-44)16-47-51(25)26)32(54)50(33(45)49-36)28(17-55-29(53)14-35(10-11-35)37(41,42)43)21-4-7-24(38)27(13-21)52-31(30(39)40)46-19-48-52/h4-9,12-13,16,19,28,30H,10-11,14,17-18H2,1-3H3,(H2,45,49)/t28-,36-/m1/s1. The average Bonchev–Trinajstić information content (AvgIpc) is 3.44. The molecule has 2 aliphatic rings. The molecule has 7 rings (SSSR count). The molecule has 286 valence electrons. The van der Waals surface area contributed by atoms with Crippen molar-refractivity contribution < 1.29 is 36.3 Å². The van der Waals surface area contributed by atoms with Gasteiger partial charge in [0.2, 0.25) is 0 Å². The summed E-state index contributed by atoms with van der Waals surface area (Å²) < 4.78 is 77.0. The van der Waals surface area contributed by atoms with Crippen LogP contribution < -0.4 is 5.73 Å². The van der Waals surface area contributed by atoms with Crippen LogP contribution in [0.3, 0.4) is 0 Å². The van der Waals surface area contributed by atoms with Gasteiger partial charge in [-0.2, -0.15) is 28.6 Å². The second-order valence-electron chi connectivity index (χ2n) is 15.0. The Kier molecular flexibility index (Phi) is 9.10. The Hall–Kier alpha value is -5.63. The molecule has 4 heterocycles. The van der Waals surface area contributed by atoms with Gasteiger partial charge in [-0.1, -0.05) is 50.6 Å². The van der Waals surface area contributed by atoms with E-state index in [2.05, 4.69) is 21.3 Å². The normalized spacial score (nSPS) is 18.9. The number of nitrogens with zero attached hydrogens (tertiary/aromatic N) is 8. The van der Waals surface area contributed by atoms with Crippen molar-refractivity contribution in [1.29, 1.82) is 5.26 Å². The maximum Gasteiger partial charge on any atom is 0.395 e. The zero-order valence-electron chi connectivity index (χ0n) is 29.6. The fraction of sp³-hybridized carbons (Fsp3) is 0.378. The van der Waals surface area contributed by atoms with Crippen molar-refractivity contribution in [2.45, 2.75) is 70.6 Å². The van der Waals surface area contributed by atoms with Crippen LogP contribution in [0, 0.1) is 22.2 Å². The number of hydrogen-bond acceptors (Lipinski definition) is 9. The summed E-state index contributed by atoms with van der Waals surface area (Å²) >= 11 is 6.45. The number of nitriles is 1. The number of esters is 1. The molecule has 0 bridgehead atoms. The molecule has 1 fully saturated rings. The molecule has 2 aromatic carbocycles. The molecule has 1 amide bonds. The van der Waals surface area contributed by atoms with Crippen LogP contribution in [0.15, 0.2) is 66.0 Å². The highest BCUT2D eigenvalue weighted by Gasteiger charge is 2.64. The summed E-state index contributed by atoms with van der Waals surface area (Å²) in [4.78, 5) is 37.6. The Balaban J connectivity index is 1.32. The Bertz CT molecular complexity index is 2430. The molecule has 1 aliphatic carbocycles. The maximum atomic E-state index is 15.1. The number of halogens is 6. The number of carbonyl (C=O) groups excluding carboxylic acids is 2. The van der Waals surface area contributed by atoms with Gasteiger partial charge >= 0.3 is 12.1 Å². The van der Waals surface area contributed by atoms with Gasteiger partial charge in [-0.15, -0.1) is 0 Å². The summed E-state index contributed by atoms with van der Waals surface area (Å²) in [6.45, 7) is 5.06. The van der Waals surface area contributed by atoms with Gasteiger partial charge in [-0.25, -0.2) is 28.0 Å². The molecule has 3 aromatic heterocycles. The first-order chi connectivity index (χ1) is 25.9. The van der Waals surface area contributed by atoms with E-state index in [4.69, 9.17) is 27.1 Å². The van der Waals surface area contributed by atoms with Crippen LogP contribution in [0.2, 0.25) is 5.02 Å². The fourth-order valence-corrected chi connectivity index (χ4v) is 7.39. The highest BCUT2D eigenvalue weighted by atomic mass is 35.5. The largest absolute Gasteiger partial charge is 0.463 e. The van der Waals surface area contributed by atoms with Crippen LogP contribution in [0.5, 0.6) is 0 Å². The first-order valence-corrected chi connectivity index (χ1v) is 17.5. The molecule has 0 spiro atoms. The van der Waals surface area contributed by atoms with Crippen molar-refractivity contribution in [3.8, 4) is 11.8 Å². The monoisotopic (exact) mass is 781 g/mol.